The van der Waals surface area contributed by atoms with Crippen LogP contribution < -0.4 is 4.74 Å². The van der Waals surface area contributed by atoms with Crippen LogP contribution in [0.1, 0.15) is 30.9 Å². The van der Waals surface area contributed by atoms with Gasteiger partial charge in [0.15, 0.2) is 0 Å². The molecule has 1 unspecified atom stereocenters. The Morgan fingerprint density at radius 2 is 2.06 bits per heavy atom. The molecule has 0 amide bonds. The van der Waals surface area contributed by atoms with Crippen molar-refractivity contribution in [3.63, 3.8) is 0 Å². The van der Waals surface area contributed by atoms with Crippen LogP contribution in [0.15, 0.2) is 18.2 Å². The number of hydrogen-bond acceptors (Lipinski definition) is 3. The van der Waals surface area contributed by atoms with Crippen molar-refractivity contribution in [1.82, 2.24) is 0 Å². The highest BCUT2D eigenvalue weighted by molar-refractivity contribution is 6.30. The molecule has 0 saturated heterocycles. The van der Waals surface area contributed by atoms with Gasteiger partial charge in [-0.15, -0.1) is 0 Å². The maximum absolute atomic E-state index is 10.1. The van der Waals surface area contributed by atoms with Gasteiger partial charge in [0.25, 0.3) is 0 Å². The van der Waals surface area contributed by atoms with Gasteiger partial charge in [0.1, 0.15) is 5.75 Å². The van der Waals surface area contributed by atoms with Crippen molar-refractivity contribution in [2.75, 3.05) is 20.8 Å². The summed E-state index contributed by atoms with van der Waals surface area (Å²) in [5.41, 5.74) is 0.748. The number of aliphatic hydroxyl groups excluding tert-OH is 1. The lowest BCUT2D eigenvalue weighted by atomic mass is 10.0. The Balaban J connectivity index is 2.60. The van der Waals surface area contributed by atoms with E-state index in [-0.39, 0.29) is 0 Å². The van der Waals surface area contributed by atoms with Crippen molar-refractivity contribution in [2.45, 2.75) is 25.4 Å². The van der Waals surface area contributed by atoms with Gasteiger partial charge in [-0.2, -0.15) is 0 Å². The van der Waals surface area contributed by atoms with Crippen molar-refractivity contribution in [3.05, 3.63) is 28.8 Å². The van der Waals surface area contributed by atoms with Crippen LogP contribution in [0.4, 0.5) is 0 Å². The third kappa shape index (κ3) is 4.54. The summed E-state index contributed by atoms with van der Waals surface area (Å²) in [6.45, 7) is 0.722. The lowest BCUT2D eigenvalue weighted by Gasteiger charge is -2.15. The Morgan fingerprint density at radius 3 is 2.71 bits per heavy atom. The van der Waals surface area contributed by atoms with Crippen LogP contribution in [0.3, 0.4) is 0 Å². The fourth-order valence-electron chi connectivity index (χ4n) is 1.71. The minimum absolute atomic E-state index is 0.541. The standard InChI is InChI=1S/C13H19ClO3/c1-16-8-4-3-5-12(15)11-9-10(14)6-7-13(11)17-2/h6-7,9,12,15H,3-5,8H2,1-2H3. The molecule has 1 atom stereocenters. The molecule has 0 fully saturated rings. The van der Waals surface area contributed by atoms with E-state index in [1.54, 1.807) is 32.4 Å². The average Bonchev–Trinajstić information content (AvgIpc) is 2.34. The van der Waals surface area contributed by atoms with E-state index in [1.165, 1.54) is 0 Å². The van der Waals surface area contributed by atoms with Crippen LogP contribution in [0.2, 0.25) is 5.02 Å². The fourth-order valence-corrected chi connectivity index (χ4v) is 1.89. The van der Waals surface area contributed by atoms with Gasteiger partial charge in [-0.25, -0.2) is 0 Å². The predicted molar refractivity (Wildman–Crippen MR) is 68.7 cm³/mol. The van der Waals surface area contributed by atoms with Crippen LogP contribution >= 0.6 is 11.6 Å². The number of rotatable bonds is 7. The lowest BCUT2D eigenvalue weighted by molar-refractivity contribution is 0.148. The maximum atomic E-state index is 10.1. The SMILES string of the molecule is COCCCCC(O)c1cc(Cl)ccc1OC. The molecular weight excluding hydrogens is 240 g/mol. The Kier molecular flexibility index (Phi) is 6.34. The van der Waals surface area contributed by atoms with E-state index in [9.17, 15) is 5.11 Å². The normalized spacial score (nSPS) is 12.5. The summed E-state index contributed by atoms with van der Waals surface area (Å²) in [7, 11) is 3.26. The fraction of sp³-hybridized carbons (Fsp3) is 0.538. The van der Waals surface area contributed by atoms with Crippen LogP contribution in [-0.2, 0) is 4.74 Å². The number of ether oxygens (including phenoxy) is 2. The monoisotopic (exact) mass is 258 g/mol. The summed E-state index contributed by atoms with van der Waals surface area (Å²) < 4.78 is 10.2. The molecule has 17 heavy (non-hydrogen) atoms. The third-order valence-corrected chi connectivity index (χ3v) is 2.86. The molecule has 0 aliphatic heterocycles. The smallest absolute Gasteiger partial charge is 0.124 e. The van der Waals surface area contributed by atoms with E-state index in [0.29, 0.717) is 17.2 Å². The first-order chi connectivity index (χ1) is 8.19. The zero-order valence-corrected chi connectivity index (χ0v) is 11.0. The molecule has 0 saturated carbocycles. The molecule has 0 aliphatic rings. The first kappa shape index (κ1) is 14.3. The van der Waals surface area contributed by atoms with E-state index in [0.717, 1.165) is 25.0 Å². The van der Waals surface area contributed by atoms with Gasteiger partial charge >= 0.3 is 0 Å². The van der Waals surface area contributed by atoms with E-state index >= 15 is 0 Å². The van der Waals surface area contributed by atoms with Gasteiger partial charge < -0.3 is 14.6 Å². The molecular formula is C13H19ClO3. The van der Waals surface area contributed by atoms with Crippen LogP contribution in [0.25, 0.3) is 0 Å². The van der Waals surface area contributed by atoms with E-state index < -0.39 is 6.10 Å². The summed E-state index contributed by atoms with van der Waals surface area (Å²) in [6.07, 6.45) is 1.99. The highest BCUT2D eigenvalue weighted by Crippen LogP contribution is 2.30. The van der Waals surface area contributed by atoms with Gasteiger partial charge in [-0.3, -0.25) is 0 Å². The zero-order valence-electron chi connectivity index (χ0n) is 10.3. The second kappa shape index (κ2) is 7.54. The Morgan fingerprint density at radius 1 is 1.29 bits per heavy atom. The van der Waals surface area contributed by atoms with Crippen molar-refractivity contribution < 1.29 is 14.6 Å². The molecule has 96 valence electrons. The molecule has 0 aromatic heterocycles. The molecule has 1 aromatic carbocycles. The highest BCUT2D eigenvalue weighted by atomic mass is 35.5. The maximum Gasteiger partial charge on any atom is 0.124 e. The van der Waals surface area contributed by atoms with Crippen molar-refractivity contribution in [1.29, 1.82) is 0 Å². The zero-order chi connectivity index (χ0) is 12.7. The first-order valence-electron chi connectivity index (χ1n) is 5.69. The summed E-state index contributed by atoms with van der Waals surface area (Å²) in [5.74, 6) is 0.675. The van der Waals surface area contributed by atoms with Crippen LogP contribution in [-0.4, -0.2) is 25.9 Å². The van der Waals surface area contributed by atoms with E-state index in [1.807, 2.05) is 0 Å². The van der Waals surface area contributed by atoms with Crippen molar-refractivity contribution in [3.8, 4) is 5.75 Å². The summed E-state index contributed by atoms with van der Waals surface area (Å²) in [6, 6.07) is 5.28. The molecule has 1 rings (SSSR count). The van der Waals surface area contributed by atoms with E-state index in [4.69, 9.17) is 21.1 Å². The molecule has 0 bridgehead atoms. The number of methoxy groups -OCH3 is 2. The third-order valence-electron chi connectivity index (χ3n) is 2.63. The van der Waals surface area contributed by atoms with Crippen LogP contribution in [0, 0.1) is 0 Å². The minimum atomic E-state index is -0.541. The summed E-state index contributed by atoms with van der Waals surface area (Å²) in [4.78, 5) is 0. The molecule has 0 aliphatic carbocycles. The van der Waals surface area contributed by atoms with Crippen molar-refractivity contribution >= 4 is 11.6 Å². The van der Waals surface area contributed by atoms with Gasteiger partial charge in [0.05, 0.1) is 13.2 Å². The first-order valence-corrected chi connectivity index (χ1v) is 6.07. The largest absolute Gasteiger partial charge is 0.496 e. The molecule has 3 nitrogen and oxygen atoms in total. The molecule has 1 N–H and O–H groups in total. The molecule has 0 heterocycles. The lowest BCUT2D eigenvalue weighted by Crippen LogP contribution is -2.01. The highest BCUT2D eigenvalue weighted by Gasteiger charge is 2.13. The van der Waals surface area contributed by atoms with Gasteiger partial charge in [-0.05, 0) is 37.5 Å². The number of aliphatic hydroxyl groups is 1. The summed E-state index contributed by atoms with van der Waals surface area (Å²) in [5, 5.41) is 10.7. The number of halogens is 1. The molecule has 0 radical (unpaired) electrons. The number of unbranched alkanes of at least 4 members (excludes halogenated alkanes) is 1. The second-order valence-electron chi connectivity index (χ2n) is 3.89. The van der Waals surface area contributed by atoms with Gasteiger partial charge in [-0.1, -0.05) is 11.6 Å². The Labute approximate surface area is 107 Å². The van der Waals surface area contributed by atoms with Crippen LogP contribution in [0.5, 0.6) is 5.75 Å². The second-order valence-corrected chi connectivity index (χ2v) is 4.33. The average molecular weight is 259 g/mol. The Hall–Kier alpha value is -0.770. The van der Waals surface area contributed by atoms with E-state index in [2.05, 4.69) is 0 Å². The number of benzene rings is 1. The minimum Gasteiger partial charge on any atom is -0.496 e. The predicted octanol–water partition coefficient (Wildman–Crippen LogP) is 3.20. The molecule has 0 spiro atoms. The van der Waals surface area contributed by atoms with Gasteiger partial charge in [0, 0.05) is 24.3 Å². The summed E-state index contributed by atoms with van der Waals surface area (Å²) >= 11 is 5.91. The number of hydrogen-bond donors (Lipinski definition) is 1. The Bertz CT molecular complexity index is 341. The van der Waals surface area contributed by atoms with Crippen molar-refractivity contribution in [2.24, 2.45) is 0 Å². The molecule has 1 aromatic rings. The van der Waals surface area contributed by atoms with Gasteiger partial charge in [0.2, 0.25) is 0 Å². The molecule has 4 heteroatoms. The quantitative estimate of drug-likeness (QED) is 0.764. The topological polar surface area (TPSA) is 38.7 Å².